The second kappa shape index (κ2) is 9.71. The van der Waals surface area contributed by atoms with Crippen molar-refractivity contribution < 1.29 is 9.59 Å². The number of benzene rings is 2. The topological polar surface area (TPSA) is 108 Å². The minimum Gasteiger partial charge on any atom is -0.383 e. The predicted octanol–water partition coefficient (Wildman–Crippen LogP) is 4.15. The van der Waals surface area contributed by atoms with Crippen molar-refractivity contribution in [3.63, 3.8) is 0 Å². The fourth-order valence-corrected chi connectivity index (χ4v) is 3.95. The fourth-order valence-electron chi connectivity index (χ4n) is 3.95. The van der Waals surface area contributed by atoms with Crippen LogP contribution < -0.4 is 11.1 Å². The van der Waals surface area contributed by atoms with Gasteiger partial charge in [0, 0.05) is 55.1 Å². The van der Waals surface area contributed by atoms with Crippen LogP contribution in [0.15, 0.2) is 97.7 Å². The van der Waals surface area contributed by atoms with Crippen LogP contribution in [0.3, 0.4) is 0 Å². The largest absolute Gasteiger partial charge is 0.383 e. The summed E-state index contributed by atoms with van der Waals surface area (Å²) in [6, 6.07) is 20.9. The molecule has 0 saturated carbocycles. The summed E-state index contributed by atoms with van der Waals surface area (Å²) >= 11 is 0. The lowest BCUT2D eigenvalue weighted by molar-refractivity contribution is 0.0949. The third-order valence-corrected chi connectivity index (χ3v) is 5.86. The van der Waals surface area contributed by atoms with Crippen LogP contribution >= 0.6 is 0 Å². The van der Waals surface area contributed by atoms with Crippen molar-refractivity contribution in [2.45, 2.75) is 6.54 Å². The fraction of sp³-hybridized carbons (Fsp3) is 0.0714. The Hall–Kier alpha value is -4.98. The van der Waals surface area contributed by atoms with E-state index in [1.807, 2.05) is 61.8 Å². The van der Waals surface area contributed by atoms with Gasteiger partial charge in [0.15, 0.2) is 0 Å². The van der Waals surface area contributed by atoms with E-state index in [9.17, 15) is 9.59 Å². The number of nitrogens with one attached hydrogen (secondary N) is 1. The maximum Gasteiger partial charge on any atom is 0.261 e. The lowest BCUT2D eigenvalue weighted by Crippen LogP contribution is -2.24. The maximum atomic E-state index is 13.1. The van der Waals surface area contributed by atoms with Crippen LogP contribution in [-0.2, 0) is 13.6 Å². The lowest BCUT2D eigenvalue weighted by Gasteiger charge is -2.08. The quantitative estimate of drug-likeness (QED) is 0.383. The molecule has 0 spiro atoms. The van der Waals surface area contributed by atoms with Gasteiger partial charge in [-0.05, 0) is 41.0 Å². The van der Waals surface area contributed by atoms with E-state index < -0.39 is 0 Å². The minimum absolute atomic E-state index is 0.145. The Morgan fingerprint density at radius 2 is 1.69 bits per heavy atom. The molecule has 36 heavy (non-hydrogen) atoms. The van der Waals surface area contributed by atoms with E-state index in [2.05, 4.69) is 15.4 Å². The van der Waals surface area contributed by atoms with Gasteiger partial charge in [0.1, 0.15) is 5.82 Å². The van der Waals surface area contributed by atoms with Gasteiger partial charge in [-0.3, -0.25) is 18.8 Å². The molecule has 1 amide bonds. The van der Waals surface area contributed by atoms with Gasteiger partial charge in [-0.1, -0.05) is 42.5 Å². The van der Waals surface area contributed by atoms with E-state index in [1.54, 1.807) is 47.7 Å². The molecular formula is C28H24N6O2. The highest BCUT2D eigenvalue weighted by Gasteiger charge is 2.15. The summed E-state index contributed by atoms with van der Waals surface area (Å²) in [5.41, 5.74) is 11.2. The van der Waals surface area contributed by atoms with E-state index in [0.29, 0.717) is 5.56 Å². The van der Waals surface area contributed by atoms with Gasteiger partial charge in [0.2, 0.25) is 0 Å². The van der Waals surface area contributed by atoms with Gasteiger partial charge in [0.05, 0.1) is 11.8 Å². The van der Waals surface area contributed by atoms with Gasteiger partial charge in [-0.15, -0.1) is 0 Å². The molecular weight excluding hydrogens is 452 g/mol. The van der Waals surface area contributed by atoms with Crippen molar-refractivity contribution in [2.24, 2.45) is 7.05 Å². The number of nitrogen functional groups attached to an aromatic ring is 1. The van der Waals surface area contributed by atoms with Gasteiger partial charge in [-0.25, -0.2) is 4.98 Å². The van der Waals surface area contributed by atoms with Gasteiger partial charge < -0.3 is 11.1 Å². The van der Waals surface area contributed by atoms with E-state index in [1.165, 1.54) is 4.57 Å². The molecule has 8 heteroatoms. The molecule has 178 valence electrons. The van der Waals surface area contributed by atoms with Gasteiger partial charge >= 0.3 is 0 Å². The zero-order valence-electron chi connectivity index (χ0n) is 19.6. The average molecular weight is 477 g/mol. The number of aryl methyl sites for hydroxylation is 1. The molecule has 0 saturated heterocycles. The zero-order chi connectivity index (χ0) is 25.1. The van der Waals surface area contributed by atoms with Crippen molar-refractivity contribution in [3.05, 3.63) is 114 Å². The van der Waals surface area contributed by atoms with Crippen LogP contribution in [0, 0.1) is 0 Å². The third kappa shape index (κ3) is 4.78. The van der Waals surface area contributed by atoms with Crippen molar-refractivity contribution in [1.82, 2.24) is 24.6 Å². The number of hydrogen-bond donors (Lipinski definition) is 2. The number of rotatable bonds is 6. The van der Waals surface area contributed by atoms with E-state index >= 15 is 0 Å². The third-order valence-electron chi connectivity index (χ3n) is 5.86. The highest BCUT2D eigenvalue weighted by atomic mass is 16.2. The standard InChI is InChI=1S/C28H24N6O2/c1-33-18-24(16-32-33)23-13-25(26(29)30-15-23)27(35)31-14-19-10-11-34(17-19)28(36)22-9-5-8-21(12-22)20-6-3-2-4-7-20/h2-13,15-18H,14H2,1H3,(H2,29,30)(H,31,35). The van der Waals surface area contributed by atoms with Gasteiger partial charge in [-0.2, -0.15) is 5.10 Å². The molecule has 3 aromatic heterocycles. The number of nitrogens with two attached hydrogens (primary N) is 1. The second-order valence-corrected chi connectivity index (χ2v) is 8.42. The smallest absolute Gasteiger partial charge is 0.261 e. The SMILES string of the molecule is Cn1cc(-c2cnc(N)c(C(=O)NCc3ccn(C(=O)c4cccc(-c5ccccc5)c4)c3)c2)cn1. The maximum absolute atomic E-state index is 13.1. The van der Waals surface area contributed by atoms with Crippen LogP contribution in [0.2, 0.25) is 0 Å². The Morgan fingerprint density at radius 3 is 2.47 bits per heavy atom. The summed E-state index contributed by atoms with van der Waals surface area (Å²) in [6.45, 7) is 0.236. The van der Waals surface area contributed by atoms with Crippen molar-refractivity contribution >= 4 is 17.6 Å². The molecule has 0 bridgehead atoms. The van der Waals surface area contributed by atoms with Crippen LogP contribution in [0.4, 0.5) is 5.82 Å². The molecule has 3 N–H and O–H groups in total. The zero-order valence-corrected chi connectivity index (χ0v) is 19.6. The molecule has 3 heterocycles. The first-order valence-electron chi connectivity index (χ1n) is 11.4. The number of amides is 1. The van der Waals surface area contributed by atoms with E-state index in [0.717, 1.165) is 27.8 Å². The number of aromatic nitrogens is 4. The Labute approximate surface area is 208 Å². The van der Waals surface area contributed by atoms with Crippen molar-refractivity contribution in [3.8, 4) is 22.3 Å². The first-order chi connectivity index (χ1) is 17.5. The molecule has 5 aromatic rings. The van der Waals surface area contributed by atoms with Crippen molar-refractivity contribution in [1.29, 1.82) is 0 Å². The molecule has 0 unspecified atom stereocenters. The Balaban J connectivity index is 1.27. The summed E-state index contributed by atoms with van der Waals surface area (Å²) in [7, 11) is 1.82. The van der Waals surface area contributed by atoms with Crippen LogP contribution in [0.5, 0.6) is 0 Å². The normalized spacial score (nSPS) is 10.8. The number of nitrogens with zero attached hydrogens (tertiary/aromatic N) is 4. The first-order valence-corrected chi connectivity index (χ1v) is 11.4. The molecule has 5 rings (SSSR count). The van der Waals surface area contributed by atoms with E-state index in [-0.39, 0.29) is 29.7 Å². The summed E-state index contributed by atoms with van der Waals surface area (Å²) in [4.78, 5) is 30.1. The number of hydrogen-bond acceptors (Lipinski definition) is 5. The van der Waals surface area contributed by atoms with Crippen LogP contribution in [0.25, 0.3) is 22.3 Å². The molecule has 0 aliphatic heterocycles. The molecule has 0 aliphatic carbocycles. The molecule has 0 fully saturated rings. The van der Waals surface area contributed by atoms with Crippen molar-refractivity contribution in [2.75, 3.05) is 5.73 Å². The van der Waals surface area contributed by atoms with Crippen LogP contribution in [0.1, 0.15) is 26.3 Å². The summed E-state index contributed by atoms with van der Waals surface area (Å²) in [5, 5.41) is 7.01. The number of anilines is 1. The molecule has 0 radical (unpaired) electrons. The molecule has 0 atom stereocenters. The minimum atomic E-state index is -0.347. The summed E-state index contributed by atoms with van der Waals surface area (Å²) < 4.78 is 3.19. The summed E-state index contributed by atoms with van der Waals surface area (Å²) in [5.74, 6) is -0.352. The Morgan fingerprint density at radius 1 is 0.889 bits per heavy atom. The monoisotopic (exact) mass is 476 g/mol. The highest BCUT2D eigenvalue weighted by molar-refractivity contribution is 5.99. The average Bonchev–Trinajstić information content (AvgIpc) is 3.57. The molecule has 2 aromatic carbocycles. The Kier molecular flexibility index (Phi) is 6.15. The molecule has 0 aliphatic rings. The first kappa shape index (κ1) is 22.8. The second-order valence-electron chi connectivity index (χ2n) is 8.42. The number of carbonyl (C=O) groups is 2. The van der Waals surface area contributed by atoms with Crippen LogP contribution in [-0.4, -0.2) is 31.1 Å². The van der Waals surface area contributed by atoms with E-state index in [4.69, 9.17) is 5.73 Å². The highest BCUT2D eigenvalue weighted by Crippen LogP contribution is 2.22. The predicted molar refractivity (Wildman–Crippen MR) is 138 cm³/mol. The number of pyridine rings is 1. The number of carbonyl (C=O) groups excluding carboxylic acids is 2. The Bertz CT molecular complexity index is 1550. The summed E-state index contributed by atoms with van der Waals surface area (Å²) in [6.07, 6.45) is 8.55. The molecule has 8 nitrogen and oxygen atoms in total. The van der Waals surface area contributed by atoms with Gasteiger partial charge in [0.25, 0.3) is 11.8 Å². The lowest BCUT2D eigenvalue weighted by atomic mass is 10.0.